The fourth-order valence-corrected chi connectivity index (χ4v) is 5.96. The quantitative estimate of drug-likeness (QED) is 0.283. The standard InChI is InChI=1S/C28H31FN4O4S/c29-19-10-8-18(9-11-19)25(35)16-30-14-12-26(36)32-15-13-22-21(17-32)27(37)33(23-6-1-2-7-24(23)34)28(31-22)38-20-4-3-5-20/h1-2,6-11,20,25,30,34-35H,3-5,12-17H2/t25-/m0/s1. The molecule has 0 radical (unpaired) electrons. The van der Waals surface area contributed by atoms with Gasteiger partial charge in [0.1, 0.15) is 11.6 Å². The number of nitrogens with zero attached hydrogens (tertiary/aromatic N) is 3. The number of phenols is 1. The van der Waals surface area contributed by atoms with Crippen molar-refractivity contribution >= 4 is 17.7 Å². The third-order valence-corrected chi connectivity index (χ3v) is 8.40. The summed E-state index contributed by atoms with van der Waals surface area (Å²) in [4.78, 5) is 33.2. The number of amides is 1. The Morgan fingerprint density at radius 2 is 1.95 bits per heavy atom. The van der Waals surface area contributed by atoms with E-state index in [1.165, 1.54) is 35.3 Å². The van der Waals surface area contributed by atoms with E-state index in [9.17, 15) is 24.2 Å². The van der Waals surface area contributed by atoms with E-state index in [-0.39, 0.29) is 42.5 Å². The van der Waals surface area contributed by atoms with Crippen molar-refractivity contribution in [3.05, 3.63) is 81.5 Å². The summed E-state index contributed by atoms with van der Waals surface area (Å²) >= 11 is 1.58. The van der Waals surface area contributed by atoms with Crippen molar-refractivity contribution < 1.29 is 19.4 Å². The monoisotopic (exact) mass is 538 g/mol. The number of hydrogen-bond acceptors (Lipinski definition) is 7. The maximum Gasteiger partial charge on any atom is 0.264 e. The van der Waals surface area contributed by atoms with E-state index in [1.807, 2.05) is 0 Å². The molecule has 1 atom stereocenters. The van der Waals surface area contributed by atoms with Crippen LogP contribution in [0, 0.1) is 5.82 Å². The van der Waals surface area contributed by atoms with Gasteiger partial charge in [-0.05, 0) is 42.7 Å². The van der Waals surface area contributed by atoms with E-state index in [4.69, 9.17) is 4.98 Å². The van der Waals surface area contributed by atoms with Gasteiger partial charge in [0.2, 0.25) is 5.91 Å². The number of carbonyl (C=O) groups is 1. The van der Waals surface area contributed by atoms with E-state index in [0.717, 1.165) is 12.8 Å². The number of para-hydroxylation sites is 2. The molecule has 0 spiro atoms. The molecule has 3 aromatic rings. The predicted octanol–water partition coefficient (Wildman–Crippen LogP) is 3.32. The Morgan fingerprint density at radius 1 is 1.18 bits per heavy atom. The number of phenolic OH excluding ortho intramolecular Hbond substituents is 1. The van der Waals surface area contributed by atoms with Crippen molar-refractivity contribution in [2.45, 2.75) is 55.2 Å². The average Bonchev–Trinajstić information content (AvgIpc) is 2.89. The number of halogens is 1. The number of nitrogens with one attached hydrogen (secondary N) is 1. The van der Waals surface area contributed by atoms with E-state index < -0.39 is 6.10 Å². The van der Waals surface area contributed by atoms with Crippen molar-refractivity contribution in [2.24, 2.45) is 0 Å². The summed E-state index contributed by atoms with van der Waals surface area (Å²) in [6, 6.07) is 12.4. The molecule has 5 rings (SSSR count). The SMILES string of the molecule is O=C(CCNC[C@H](O)c1ccc(F)cc1)N1CCc2nc(SC3CCC3)n(-c3ccccc3O)c(=O)c2C1. The highest BCUT2D eigenvalue weighted by Gasteiger charge is 2.29. The number of aromatic nitrogens is 2. The minimum atomic E-state index is -0.807. The Hall–Kier alpha value is -3.21. The lowest BCUT2D eigenvalue weighted by atomic mass is 10.0. The van der Waals surface area contributed by atoms with Gasteiger partial charge in [-0.1, -0.05) is 42.4 Å². The van der Waals surface area contributed by atoms with Crippen LogP contribution in [0.1, 0.15) is 48.6 Å². The van der Waals surface area contributed by atoms with Crippen LogP contribution in [0.15, 0.2) is 58.5 Å². The maximum atomic E-state index is 13.7. The Balaban J connectivity index is 1.26. The minimum absolute atomic E-state index is 0.00412. The zero-order valence-corrected chi connectivity index (χ0v) is 21.8. The summed E-state index contributed by atoms with van der Waals surface area (Å²) in [5, 5.41) is 24.8. The summed E-state index contributed by atoms with van der Waals surface area (Å²) < 4.78 is 14.6. The van der Waals surface area contributed by atoms with Gasteiger partial charge in [0, 0.05) is 37.7 Å². The van der Waals surface area contributed by atoms with Crippen LogP contribution in [0.25, 0.3) is 5.69 Å². The molecule has 1 fully saturated rings. The van der Waals surface area contributed by atoms with Crippen LogP contribution < -0.4 is 10.9 Å². The first-order chi connectivity index (χ1) is 18.4. The molecule has 8 nitrogen and oxygen atoms in total. The van der Waals surface area contributed by atoms with Crippen LogP contribution in [0.5, 0.6) is 5.75 Å². The van der Waals surface area contributed by atoms with Gasteiger partial charge in [-0.2, -0.15) is 0 Å². The molecule has 2 aromatic carbocycles. The van der Waals surface area contributed by atoms with Gasteiger partial charge < -0.3 is 20.4 Å². The minimum Gasteiger partial charge on any atom is -0.506 e. The Kier molecular flexibility index (Phi) is 8.11. The normalized spacial score (nSPS) is 16.1. The van der Waals surface area contributed by atoms with Gasteiger partial charge in [-0.3, -0.25) is 14.2 Å². The summed E-state index contributed by atoms with van der Waals surface area (Å²) in [5.41, 5.74) is 1.93. The first-order valence-corrected chi connectivity index (χ1v) is 13.8. The second kappa shape index (κ2) is 11.7. The smallest absolute Gasteiger partial charge is 0.264 e. The Morgan fingerprint density at radius 3 is 2.66 bits per heavy atom. The number of rotatable bonds is 9. The fraction of sp³-hybridized carbons (Fsp3) is 0.393. The molecule has 1 aromatic heterocycles. The molecule has 2 heterocycles. The van der Waals surface area contributed by atoms with Crippen LogP contribution in [0.2, 0.25) is 0 Å². The maximum absolute atomic E-state index is 13.7. The van der Waals surface area contributed by atoms with Crippen LogP contribution in [0.3, 0.4) is 0 Å². The first kappa shape index (κ1) is 26.4. The number of benzene rings is 2. The number of aromatic hydroxyl groups is 1. The largest absolute Gasteiger partial charge is 0.506 e. The van der Waals surface area contributed by atoms with E-state index in [0.29, 0.717) is 52.4 Å². The second-order valence-electron chi connectivity index (χ2n) is 9.71. The highest BCUT2D eigenvalue weighted by Crippen LogP contribution is 2.37. The van der Waals surface area contributed by atoms with E-state index in [1.54, 1.807) is 40.9 Å². The third-order valence-electron chi connectivity index (χ3n) is 7.11. The van der Waals surface area contributed by atoms with Gasteiger partial charge in [0.05, 0.1) is 29.6 Å². The molecule has 0 unspecified atom stereocenters. The molecule has 2 aliphatic rings. The fourth-order valence-electron chi connectivity index (χ4n) is 4.64. The van der Waals surface area contributed by atoms with Crippen molar-refractivity contribution in [3.8, 4) is 11.4 Å². The zero-order valence-electron chi connectivity index (χ0n) is 21.0. The lowest BCUT2D eigenvalue weighted by Crippen LogP contribution is -2.42. The molecular weight excluding hydrogens is 507 g/mol. The molecule has 1 aliphatic heterocycles. The molecular formula is C28H31FN4O4S. The predicted molar refractivity (Wildman–Crippen MR) is 143 cm³/mol. The van der Waals surface area contributed by atoms with Gasteiger partial charge in [0.25, 0.3) is 5.56 Å². The zero-order chi connectivity index (χ0) is 26.6. The molecule has 10 heteroatoms. The Labute approximate surface area is 224 Å². The highest BCUT2D eigenvalue weighted by atomic mass is 32.2. The van der Waals surface area contributed by atoms with Crippen molar-refractivity contribution in [3.63, 3.8) is 0 Å². The number of thioether (sulfide) groups is 1. The lowest BCUT2D eigenvalue weighted by Gasteiger charge is -2.30. The van der Waals surface area contributed by atoms with Crippen molar-refractivity contribution in [2.75, 3.05) is 19.6 Å². The van der Waals surface area contributed by atoms with E-state index >= 15 is 0 Å². The molecule has 1 amide bonds. The summed E-state index contributed by atoms with van der Waals surface area (Å²) in [7, 11) is 0. The molecule has 38 heavy (non-hydrogen) atoms. The van der Waals surface area contributed by atoms with Gasteiger partial charge in [0.15, 0.2) is 5.16 Å². The number of hydrogen-bond donors (Lipinski definition) is 3. The van der Waals surface area contributed by atoms with Gasteiger partial charge in [-0.15, -0.1) is 0 Å². The van der Waals surface area contributed by atoms with Crippen LogP contribution in [-0.2, 0) is 17.8 Å². The molecule has 1 aliphatic carbocycles. The highest BCUT2D eigenvalue weighted by molar-refractivity contribution is 7.99. The molecule has 200 valence electrons. The number of carbonyl (C=O) groups excluding carboxylic acids is 1. The average molecular weight is 539 g/mol. The number of aliphatic hydroxyl groups is 1. The van der Waals surface area contributed by atoms with Crippen molar-refractivity contribution in [1.82, 2.24) is 19.8 Å². The van der Waals surface area contributed by atoms with Crippen molar-refractivity contribution in [1.29, 1.82) is 0 Å². The van der Waals surface area contributed by atoms with Gasteiger partial charge >= 0.3 is 0 Å². The van der Waals surface area contributed by atoms with Crippen LogP contribution in [-0.4, -0.2) is 55.5 Å². The first-order valence-electron chi connectivity index (χ1n) is 12.9. The Bertz CT molecular complexity index is 1360. The van der Waals surface area contributed by atoms with Crippen LogP contribution in [0.4, 0.5) is 4.39 Å². The second-order valence-corrected chi connectivity index (χ2v) is 11.0. The summed E-state index contributed by atoms with van der Waals surface area (Å²) in [6.45, 7) is 1.24. The number of aliphatic hydroxyl groups excluding tert-OH is 1. The molecule has 0 bridgehead atoms. The van der Waals surface area contributed by atoms with Crippen LogP contribution >= 0.6 is 11.8 Å². The third kappa shape index (κ3) is 5.77. The lowest BCUT2D eigenvalue weighted by molar-refractivity contribution is -0.132. The number of fused-ring (bicyclic) bond motifs is 1. The molecule has 1 saturated carbocycles. The molecule has 3 N–H and O–H groups in total. The van der Waals surface area contributed by atoms with Gasteiger partial charge in [-0.25, -0.2) is 9.37 Å². The topological polar surface area (TPSA) is 108 Å². The van der Waals surface area contributed by atoms with E-state index in [2.05, 4.69) is 5.32 Å². The summed E-state index contributed by atoms with van der Waals surface area (Å²) in [6.07, 6.45) is 3.22. The summed E-state index contributed by atoms with van der Waals surface area (Å²) in [5.74, 6) is -0.455. The molecule has 0 saturated heterocycles.